The van der Waals surface area contributed by atoms with Gasteiger partial charge in [-0.1, -0.05) is 6.92 Å². The molecule has 0 spiro atoms. The Kier molecular flexibility index (Phi) is 3.29. The maximum atomic E-state index is 10.6. The first kappa shape index (κ1) is 9.26. The second-order valence-electron chi connectivity index (χ2n) is 2.40. The van der Waals surface area contributed by atoms with E-state index in [0.717, 1.165) is 22.8 Å². The Labute approximate surface area is 76.4 Å². The molecule has 0 fully saturated rings. The fraction of sp³-hybridized carbons (Fsp3) is 0.333. The summed E-state index contributed by atoms with van der Waals surface area (Å²) in [6.07, 6.45) is 0.852. The van der Waals surface area contributed by atoms with Crippen molar-refractivity contribution < 1.29 is 4.79 Å². The molecule has 2 nitrogen and oxygen atoms in total. The van der Waals surface area contributed by atoms with Crippen molar-refractivity contribution >= 4 is 18.0 Å². The fourth-order valence-electron chi connectivity index (χ4n) is 0.886. The molecule has 0 saturated carbocycles. The van der Waals surface area contributed by atoms with E-state index >= 15 is 0 Å². The predicted molar refractivity (Wildman–Crippen MR) is 50.8 cm³/mol. The molecule has 0 unspecified atom stereocenters. The SMILES string of the molecule is CCSc1nc(C)ccc1C=O. The van der Waals surface area contributed by atoms with Gasteiger partial charge in [0, 0.05) is 11.3 Å². The maximum Gasteiger partial charge on any atom is 0.152 e. The quantitative estimate of drug-likeness (QED) is 0.529. The van der Waals surface area contributed by atoms with Crippen LogP contribution in [-0.4, -0.2) is 17.0 Å². The molecular weight excluding hydrogens is 170 g/mol. The zero-order chi connectivity index (χ0) is 8.97. The molecule has 64 valence electrons. The molecule has 1 rings (SSSR count). The molecule has 0 bridgehead atoms. The Morgan fingerprint density at radius 3 is 2.92 bits per heavy atom. The average Bonchev–Trinajstić information content (AvgIpc) is 2.05. The van der Waals surface area contributed by atoms with E-state index in [2.05, 4.69) is 4.98 Å². The highest BCUT2D eigenvalue weighted by molar-refractivity contribution is 7.99. The fourth-order valence-corrected chi connectivity index (χ4v) is 1.65. The van der Waals surface area contributed by atoms with Crippen LogP contribution in [0.25, 0.3) is 0 Å². The number of carbonyl (C=O) groups excluding carboxylic acids is 1. The van der Waals surface area contributed by atoms with Crippen LogP contribution in [0.1, 0.15) is 23.0 Å². The van der Waals surface area contributed by atoms with E-state index in [1.165, 1.54) is 0 Å². The van der Waals surface area contributed by atoms with Gasteiger partial charge in [-0.15, -0.1) is 11.8 Å². The molecule has 3 heteroatoms. The number of rotatable bonds is 3. The lowest BCUT2D eigenvalue weighted by Gasteiger charge is -2.01. The lowest BCUT2D eigenvalue weighted by Crippen LogP contribution is -1.91. The van der Waals surface area contributed by atoms with E-state index in [9.17, 15) is 4.79 Å². The van der Waals surface area contributed by atoms with Crippen LogP contribution >= 0.6 is 11.8 Å². The van der Waals surface area contributed by atoms with Crippen LogP contribution in [0.4, 0.5) is 0 Å². The van der Waals surface area contributed by atoms with Gasteiger partial charge >= 0.3 is 0 Å². The molecule has 0 aliphatic carbocycles. The van der Waals surface area contributed by atoms with Crippen molar-refractivity contribution in [3.8, 4) is 0 Å². The second kappa shape index (κ2) is 4.26. The summed E-state index contributed by atoms with van der Waals surface area (Å²) in [5.41, 5.74) is 1.64. The highest BCUT2D eigenvalue weighted by atomic mass is 32.2. The number of aryl methyl sites for hydroxylation is 1. The van der Waals surface area contributed by atoms with Gasteiger partial charge in [-0.05, 0) is 24.8 Å². The third kappa shape index (κ3) is 2.08. The highest BCUT2D eigenvalue weighted by Gasteiger charge is 2.02. The minimum atomic E-state index is 0.687. The van der Waals surface area contributed by atoms with Gasteiger partial charge in [-0.2, -0.15) is 0 Å². The van der Waals surface area contributed by atoms with Crippen molar-refractivity contribution in [3.05, 3.63) is 23.4 Å². The van der Waals surface area contributed by atoms with E-state index in [-0.39, 0.29) is 0 Å². The molecule has 1 aromatic rings. The Bertz CT molecular complexity index is 286. The minimum Gasteiger partial charge on any atom is -0.298 e. The van der Waals surface area contributed by atoms with E-state index in [4.69, 9.17) is 0 Å². The lowest BCUT2D eigenvalue weighted by molar-refractivity contribution is 0.112. The molecule has 0 aliphatic heterocycles. The lowest BCUT2D eigenvalue weighted by atomic mass is 10.3. The van der Waals surface area contributed by atoms with Gasteiger partial charge in [-0.3, -0.25) is 4.79 Å². The molecule has 0 saturated heterocycles. The van der Waals surface area contributed by atoms with Gasteiger partial charge in [0.25, 0.3) is 0 Å². The maximum absolute atomic E-state index is 10.6. The molecule has 1 heterocycles. The summed E-state index contributed by atoms with van der Waals surface area (Å²) >= 11 is 1.60. The monoisotopic (exact) mass is 181 g/mol. The van der Waals surface area contributed by atoms with Crippen LogP contribution in [0.2, 0.25) is 0 Å². The predicted octanol–water partition coefficient (Wildman–Crippen LogP) is 2.31. The molecule has 0 aromatic carbocycles. The van der Waals surface area contributed by atoms with Gasteiger partial charge in [-0.25, -0.2) is 4.98 Å². The largest absolute Gasteiger partial charge is 0.298 e. The summed E-state index contributed by atoms with van der Waals surface area (Å²) in [6.45, 7) is 3.97. The molecule has 0 radical (unpaired) electrons. The highest BCUT2D eigenvalue weighted by Crippen LogP contribution is 2.18. The molecule has 1 aromatic heterocycles. The van der Waals surface area contributed by atoms with Gasteiger partial charge in [0.15, 0.2) is 6.29 Å². The van der Waals surface area contributed by atoms with Crippen LogP contribution in [0.15, 0.2) is 17.2 Å². The summed E-state index contributed by atoms with van der Waals surface area (Å²) in [4.78, 5) is 14.8. The molecule has 12 heavy (non-hydrogen) atoms. The van der Waals surface area contributed by atoms with Crippen molar-refractivity contribution in [1.82, 2.24) is 4.98 Å². The Morgan fingerprint density at radius 2 is 2.33 bits per heavy atom. The van der Waals surface area contributed by atoms with E-state index < -0.39 is 0 Å². The van der Waals surface area contributed by atoms with E-state index in [1.54, 1.807) is 11.8 Å². The topological polar surface area (TPSA) is 30.0 Å². The number of aromatic nitrogens is 1. The third-order valence-corrected chi connectivity index (χ3v) is 2.33. The minimum absolute atomic E-state index is 0.687. The number of nitrogens with zero attached hydrogens (tertiary/aromatic N) is 1. The molecule has 0 aliphatic rings. The zero-order valence-corrected chi connectivity index (χ0v) is 8.02. The van der Waals surface area contributed by atoms with Crippen molar-refractivity contribution in [3.63, 3.8) is 0 Å². The molecule has 0 N–H and O–H groups in total. The Hall–Kier alpha value is -0.830. The van der Waals surface area contributed by atoms with Gasteiger partial charge in [0.1, 0.15) is 5.03 Å². The van der Waals surface area contributed by atoms with E-state index in [1.807, 2.05) is 26.0 Å². The van der Waals surface area contributed by atoms with Crippen molar-refractivity contribution in [2.24, 2.45) is 0 Å². The van der Waals surface area contributed by atoms with Gasteiger partial charge < -0.3 is 0 Å². The van der Waals surface area contributed by atoms with Crippen molar-refractivity contribution in [2.75, 3.05) is 5.75 Å². The standard InChI is InChI=1S/C9H11NOS/c1-3-12-9-8(6-11)5-4-7(2)10-9/h4-6H,3H2,1-2H3. The van der Waals surface area contributed by atoms with Crippen molar-refractivity contribution in [2.45, 2.75) is 18.9 Å². The van der Waals surface area contributed by atoms with Crippen LogP contribution < -0.4 is 0 Å². The van der Waals surface area contributed by atoms with Gasteiger partial charge in [0.2, 0.25) is 0 Å². The molecular formula is C9H11NOS. The first-order valence-corrected chi connectivity index (χ1v) is 4.82. The summed E-state index contributed by atoms with van der Waals surface area (Å²) in [6, 6.07) is 3.66. The number of aldehydes is 1. The summed E-state index contributed by atoms with van der Waals surface area (Å²) < 4.78 is 0. The number of thioether (sulfide) groups is 1. The summed E-state index contributed by atoms with van der Waals surface area (Å²) in [5.74, 6) is 0.942. The molecule has 0 atom stereocenters. The molecule has 0 amide bonds. The summed E-state index contributed by atoms with van der Waals surface area (Å²) in [7, 11) is 0. The average molecular weight is 181 g/mol. The van der Waals surface area contributed by atoms with Crippen LogP contribution in [0, 0.1) is 6.92 Å². The number of hydrogen-bond donors (Lipinski definition) is 0. The Morgan fingerprint density at radius 1 is 1.58 bits per heavy atom. The first-order chi connectivity index (χ1) is 5.77. The van der Waals surface area contributed by atoms with Crippen LogP contribution in [-0.2, 0) is 0 Å². The normalized spacial score (nSPS) is 9.83. The Balaban J connectivity index is 3.03. The van der Waals surface area contributed by atoms with E-state index in [0.29, 0.717) is 5.56 Å². The third-order valence-electron chi connectivity index (χ3n) is 1.44. The van der Waals surface area contributed by atoms with Crippen molar-refractivity contribution in [1.29, 1.82) is 0 Å². The van der Waals surface area contributed by atoms with Crippen LogP contribution in [0.5, 0.6) is 0 Å². The second-order valence-corrected chi connectivity index (χ2v) is 3.65. The number of hydrogen-bond acceptors (Lipinski definition) is 3. The zero-order valence-electron chi connectivity index (χ0n) is 7.20. The first-order valence-electron chi connectivity index (χ1n) is 3.83. The smallest absolute Gasteiger partial charge is 0.152 e. The van der Waals surface area contributed by atoms with Gasteiger partial charge in [0.05, 0.1) is 0 Å². The summed E-state index contributed by atoms with van der Waals surface area (Å²) in [5, 5.41) is 0.840. The van der Waals surface area contributed by atoms with Crippen LogP contribution in [0.3, 0.4) is 0 Å². The number of pyridine rings is 1. The number of carbonyl (C=O) groups is 1.